The van der Waals surface area contributed by atoms with E-state index in [2.05, 4.69) is 31.0 Å². The highest BCUT2D eigenvalue weighted by Gasteiger charge is 2.34. The SMILES string of the molecule is CCC(C)C1CNC(C)CN1C1CCCC1. The Morgan fingerprint density at radius 1 is 1.31 bits per heavy atom. The van der Waals surface area contributed by atoms with E-state index in [9.17, 15) is 0 Å². The number of nitrogens with one attached hydrogen (secondary N) is 1. The van der Waals surface area contributed by atoms with Crippen LogP contribution in [0.25, 0.3) is 0 Å². The minimum atomic E-state index is 0.681. The first kappa shape index (κ1) is 12.4. The molecule has 1 saturated carbocycles. The van der Waals surface area contributed by atoms with Gasteiger partial charge in [0.05, 0.1) is 0 Å². The lowest BCUT2D eigenvalue weighted by Gasteiger charge is -2.45. The average Bonchev–Trinajstić information content (AvgIpc) is 2.81. The van der Waals surface area contributed by atoms with Gasteiger partial charge in [0.15, 0.2) is 0 Å². The van der Waals surface area contributed by atoms with E-state index in [1.54, 1.807) is 0 Å². The highest BCUT2D eigenvalue weighted by atomic mass is 15.3. The van der Waals surface area contributed by atoms with Crippen molar-refractivity contribution in [1.82, 2.24) is 10.2 Å². The van der Waals surface area contributed by atoms with Gasteiger partial charge in [0.1, 0.15) is 0 Å². The zero-order valence-electron chi connectivity index (χ0n) is 11.2. The molecule has 2 rings (SSSR count). The predicted octanol–water partition coefficient (Wildman–Crippen LogP) is 2.64. The van der Waals surface area contributed by atoms with E-state index >= 15 is 0 Å². The monoisotopic (exact) mass is 224 g/mol. The van der Waals surface area contributed by atoms with Crippen molar-refractivity contribution in [2.45, 2.75) is 71.0 Å². The van der Waals surface area contributed by atoms with Crippen LogP contribution in [0.4, 0.5) is 0 Å². The summed E-state index contributed by atoms with van der Waals surface area (Å²) in [6.07, 6.45) is 7.11. The van der Waals surface area contributed by atoms with Gasteiger partial charge < -0.3 is 5.32 Å². The first-order valence-corrected chi connectivity index (χ1v) is 7.21. The second-order valence-corrected chi connectivity index (χ2v) is 5.90. The van der Waals surface area contributed by atoms with Crippen LogP contribution < -0.4 is 5.32 Å². The molecule has 1 aliphatic carbocycles. The zero-order valence-corrected chi connectivity index (χ0v) is 11.2. The topological polar surface area (TPSA) is 15.3 Å². The fraction of sp³-hybridized carbons (Fsp3) is 1.00. The van der Waals surface area contributed by atoms with Crippen molar-refractivity contribution in [1.29, 1.82) is 0 Å². The van der Waals surface area contributed by atoms with Crippen LogP contribution in [-0.4, -0.2) is 36.1 Å². The van der Waals surface area contributed by atoms with Crippen molar-refractivity contribution in [3.8, 4) is 0 Å². The molecule has 0 spiro atoms. The Morgan fingerprint density at radius 2 is 2.00 bits per heavy atom. The lowest BCUT2D eigenvalue weighted by Crippen LogP contribution is -2.60. The second kappa shape index (κ2) is 5.50. The summed E-state index contributed by atoms with van der Waals surface area (Å²) in [5, 5.41) is 3.66. The van der Waals surface area contributed by atoms with Crippen molar-refractivity contribution >= 4 is 0 Å². The molecular weight excluding hydrogens is 196 g/mol. The van der Waals surface area contributed by atoms with Crippen LogP contribution in [0.5, 0.6) is 0 Å². The highest BCUT2D eigenvalue weighted by Crippen LogP contribution is 2.29. The number of nitrogens with zero attached hydrogens (tertiary/aromatic N) is 1. The molecule has 16 heavy (non-hydrogen) atoms. The van der Waals surface area contributed by atoms with Crippen LogP contribution in [0, 0.1) is 5.92 Å². The van der Waals surface area contributed by atoms with E-state index in [-0.39, 0.29) is 0 Å². The quantitative estimate of drug-likeness (QED) is 0.793. The van der Waals surface area contributed by atoms with Crippen LogP contribution in [0.1, 0.15) is 52.9 Å². The van der Waals surface area contributed by atoms with Gasteiger partial charge in [-0.1, -0.05) is 33.1 Å². The molecule has 2 aliphatic rings. The van der Waals surface area contributed by atoms with Gasteiger partial charge in [0.2, 0.25) is 0 Å². The third kappa shape index (κ3) is 2.60. The van der Waals surface area contributed by atoms with Gasteiger partial charge in [-0.05, 0) is 25.7 Å². The van der Waals surface area contributed by atoms with Crippen LogP contribution in [0.3, 0.4) is 0 Å². The van der Waals surface area contributed by atoms with E-state index in [4.69, 9.17) is 0 Å². The normalized spacial score (nSPS) is 35.4. The van der Waals surface area contributed by atoms with Gasteiger partial charge >= 0.3 is 0 Å². The minimum Gasteiger partial charge on any atom is -0.311 e. The van der Waals surface area contributed by atoms with Gasteiger partial charge in [0.25, 0.3) is 0 Å². The molecule has 1 aliphatic heterocycles. The molecule has 0 aromatic heterocycles. The molecule has 3 unspecified atom stereocenters. The molecule has 2 heteroatoms. The third-order valence-corrected chi connectivity index (χ3v) is 4.68. The molecule has 94 valence electrons. The fourth-order valence-corrected chi connectivity index (χ4v) is 3.41. The molecule has 0 bridgehead atoms. The van der Waals surface area contributed by atoms with E-state index in [0.29, 0.717) is 6.04 Å². The zero-order chi connectivity index (χ0) is 11.5. The maximum atomic E-state index is 3.66. The summed E-state index contributed by atoms with van der Waals surface area (Å²) in [7, 11) is 0. The maximum Gasteiger partial charge on any atom is 0.0249 e. The van der Waals surface area contributed by atoms with Gasteiger partial charge in [-0.3, -0.25) is 4.90 Å². The molecule has 0 aromatic rings. The summed E-state index contributed by atoms with van der Waals surface area (Å²) in [4.78, 5) is 2.84. The Kier molecular flexibility index (Phi) is 4.26. The highest BCUT2D eigenvalue weighted by molar-refractivity contribution is 4.92. The van der Waals surface area contributed by atoms with Crippen molar-refractivity contribution in [2.24, 2.45) is 5.92 Å². The van der Waals surface area contributed by atoms with E-state index in [0.717, 1.165) is 18.0 Å². The fourth-order valence-electron chi connectivity index (χ4n) is 3.41. The second-order valence-electron chi connectivity index (χ2n) is 5.90. The third-order valence-electron chi connectivity index (χ3n) is 4.68. The maximum absolute atomic E-state index is 3.66. The molecule has 1 N–H and O–H groups in total. The van der Waals surface area contributed by atoms with Crippen molar-refractivity contribution < 1.29 is 0 Å². The number of hydrogen-bond acceptors (Lipinski definition) is 2. The largest absolute Gasteiger partial charge is 0.311 e. The molecule has 0 amide bonds. The molecular formula is C14H28N2. The summed E-state index contributed by atoms with van der Waals surface area (Å²) in [6.45, 7) is 9.54. The van der Waals surface area contributed by atoms with E-state index in [1.165, 1.54) is 45.2 Å². The summed E-state index contributed by atoms with van der Waals surface area (Å²) in [5.74, 6) is 0.834. The lowest BCUT2D eigenvalue weighted by atomic mass is 9.93. The minimum absolute atomic E-state index is 0.681. The van der Waals surface area contributed by atoms with Crippen LogP contribution in [-0.2, 0) is 0 Å². The standard InChI is InChI=1S/C14H28N2/c1-4-11(2)14-9-15-12(3)10-16(14)13-7-5-6-8-13/h11-15H,4-10H2,1-3H3. The van der Waals surface area contributed by atoms with Crippen LogP contribution >= 0.6 is 0 Å². The smallest absolute Gasteiger partial charge is 0.0249 e. The Bertz CT molecular complexity index is 211. The van der Waals surface area contributed by atoms with Gasteiger partial charge in [-0.25, -0.2) is 0 Å². The van der Waals surface area contributed by atoms with Gasteiger partial charge in [-0.15, -0.1) is 0 Å². The van der Waals surface area contributed by atoms with Crippen molar-refractivity contribution in [3.63, 3.8) is 0 Å². The molecule has 1 saturated heterocycles. The Morgan fingerprint density at radius 3 is 2.62 bits per heavy atom. The molecule has 2 fully saturated rings. The Labute approximate surface area is 101 Å². The summed E-state index contributed by atoms with van der Waals surface area (Å²) < 4.78 is 0. The van der Waals surface area contributed by atoms with Crippen molar-refractivity contribution in [3.05, 3.63) is 0 Å². The first-order valence-electron chi connectivity index (χ1n) is 7.21. The van der Waals surface area contributed by atoms with E-state index in [1.807, 2.05) is 0 Å². The Hall–Kier alpha value is -0.0800. The number of rotatable bonds is 3. The van der Waals surface area contributed by atoms with Crippen LogP contribution in [0.15, 0.2) is 0 Å². The average molecular weight is 224 g/mol. The molecule has 0 radical (unpaired) electrons. The predicted molar refractivity (Wildman–Crippen MR) is 69.7 cm³/mol. The van der Waals surface area contributed by atoms with Crippen LogP contribution in [0.2, 0.25) is 0 Å². The molecule has 0 aromatic carbocycles. The van der Waals surface area contributed by atoms with Gasteiger partial charge in [0, 0.05) is 31.2 Å². The molecule has 2 nitrogen and oxygen atoms in total. The summed E-state index contributed by atoms with van der Waals surface area (Å²) in [6, 6.07) is 2.36. The first-order chi connectivity index (χ1) is 7.72. The summed E-state index contributed by atoms with van der Waals surface area (Å²) >= 11 is 0. The van der Waals surface area contributed by atoms with Gasteiger partial charge in [-0.2, -0.15) is 0 Å². The van der Waals surface area contributed by atoms with E-state index < -0.39 is 0 Å². The molecule has 3 atom stereocenters. The number of piperazine rings is 1. The lowest BCUT2D eigenvalue weighted by molar-refractivity contribution is 0.0557. The summed E-state index contributed by atoms with van der Waals surface area (Å²) in [5.41, 5.74) is 0. The Balaban J connectivity index is 2.02. The number of hydrogen-bond donors (Lipinski definition) is 1. The van der Waals surface area contributed by atoms with Crippen molar-refractivity contribution in [2.75, 3.05) is 13.1 Å². The molecule has 1 heterocycles.